The Hall–Kier alpha value is -2.09. The normalized spacial score (nSPS) is 14.9. The Kier molecular flexibility index (Phi) is 2.00. The molecule has 0 amide bonds. The molecule has 3 rings (SSSR count). The van der Waals surface area contributed by atoms with Gasteiger partial charge in [-0.05, 0) is 12.8 Å². The van der Waals surface area contributed by atoms with Gasteiger partial charge in [-0.15, -0.1) is 0 Å². The van der Waals surface area contributed by atoms with E-state index in [9.17, 15) is 0 Å². The summed E-state index contributed by atoms with van der Waals surface area (Å²) in [7, 11) is 0. The minimum atomic E-state index is 0.448. The van der Waals surface area contributed by atoms with Crippen molar-refractivity contribution < 1.29 is 0 Å². The van der Waals surface area contributed by atoms with E-state index >= 15 is 0 Å². The molecule has 2 aromatic rings. The van der Waals surface area contributed by atoms with Gasteiger partial charge in [-0.25, -0.2) is 9.97 Å². The molecular weight excluding hydrogens is 202 g/mol. The molecule has 0 unspecified atom stereocenters. The second-order valence-electron chi connectivity index (χ2n) is 4.01. The summed E-state index contributed by atoms with van der Waals surface area (Å²) in [6.07, 6.45) is 9.67. The van der Waals surface area contributed by atoms with Crippen molar-refractivity contribution in [2.24, 2.45) is 0 Å². The van der Waals surface area contributed by atoms with Gasteiger partial charge >= 0.3 is 0 Å². The molecular formula is C11H11N5. The summed E-state index contributed by atoms with van der Waals surface area (Å²) in [5, 5.41) is 8.87. The lowest BCUT2D eigenvalue weighted by atomic mass is 10.4. The van der Waals surface area contributed by atoms with Gasteiger partial charge in [-0.3, -0.25) is 0 Å². The standard InChI is InChI=1S/C11H11N5/c12-5-11-14-3-4-15(11)7-10-6-13-8-16(10)9-1-2-9/h3-4,6,8-9H,1-2,7H2. The van der Waals surface area contributed by atoms with Crippen molar-refractivity contribution in [2.75, 3.05) is 0 Å². The molecule has 2 aromatic heterocycles. The van der Waals surface area contributed by atoms with Gasteiger partial charge < -0.3 is 9.13 Å². The van der Waals surface area contributed by atoms with Crippen LogP contribution in [0.3, 0.4) is 0 Å². The zero-order valence-corrected chi connectivity index (χ0v) is 8.74. The summed E-state index contributed by atoms with van der Waals surface area (Å²) in [6.45, 7) is 0.666. The third-order valence-electron chi connectivity index (χ3n) is 2.83. The van der Waals surface area contributed by atoms with Crippen LogP contribution in [0, 0.1) is 11.3 Å². The van der Waals surface area contributed by atoms with E-state index < -0.39 is 0 Å². The Morgan fingerprint density at radius 3 is 3.12 bits per heavy atom. The fraction of sp³-hybridized carbons (Fsp3) is 0.364. The van der Waals surface area contributed by atoms with Gasteiger partial charge in [0.05, 0.1) is 18.6 Å². The summed E-state index contributed by atoms with van der Waals surface area (Å²) in [4.78, 5) is 8.14. The van der Waals surface area contributed by atoms with Gasteiger partial charge in [-0.2, -0.15) is 5.26 Å². The number of rotatable bonds is 3. The van der Waals surface area contributed by atoms with E-state index in [2.05, 4.69) is 20.6 Å². The monoisotopic (exact) mass is 213 g/mol. The van der Waals surface area contributed by atoms with Crippen molar-refractivity contribution in [1.29, 1.82) is 5.26 Å². The van der Waals surface area contributed by atoms with E-state index in [1.165, 1.54) is 12.8 Å². The summed E-state index contributed by atoms with van der Waals surface area (Å²) < 4.78 is 4.04. The van der Waals surface area contributed by atoms with Crippen LogP contribution in [0.25, 0.3) is 0 Å². The molecule has 0 spiro atoms. The number of aromatic nitrogens is 4. The maximum atomic E-state index is 8.87. The highest BCUT2D eigenvalue weighted by atomic mass is 15.1. The second kappa shape index (κ2) is 3.49. The van der Waals surface area contributed by atoms with Gasteiger partial charge in [0.2, 0.25) is 5.82 Å². The SMILES string of the molecule is N#Cc1nccn1Cc1cncn1C1CC1. The fourth-order valence-corrected chi connectivity index (χ4v) is 1.86. The molecule has 1 fully saturated rings. The van der Waals surface area contributed by atoms with Crippen molar-refractivity contribution in [2.45, 2.75) is 25.4 Å². The molecule has 1 aliphatic rings. The van der Waals surface area contributed by atoms with E-state index in [0.717, 1.165) is 5.69 Å². The van der Waals surface area contributed by atoms with Gasteiger partial charge in [0.1, 0.15) is 6.07 Å². The maximum absolute atomic E-state index is 8.87. The Morgan fingerprint density at radius 2 is 2.38 bits per heavy atom. The second-order valence-corrected chi connectivity index (χ2v) is 4.01. The molecule has 0 aromatic carbocycles. The molecule has 0 bridgehead atoms. The third kappa shape index (κ3) is 1.48. The first-order valence-electron chi connectivity index (χ1n) is 5.30. The minimum Gasteiger partial charge on any atom is -0.330 e. The molecule has 0 radical (unpaired) electrons. The molecule has 0 atom stereocenters. The topological polar surface area (TPSA) is 59.4 Å². The third-order valence-corrected chi connectivity index (χ3v) is 2.83. The molecule has 16 heavy (non-hydrogen) atoms. The zero-order chi connectivity index (χ0) is 11.0. The van der Waals surface area contributed by atoms with Crippen molar-refractivity contribution in [1.82, 2.24) is 19.1 Å². The molecule has 1 aliphatic carbocycles. The van der Waals surface area contributed by atoms with E-state index in [4.69, 9.17) is 5.26 Å². The number of nitrogens with zero attached hydrogens (tertiary/aromatic N) is 5. The molecule has 80 valence electrons. The highest BCUT2D eigenvalue weighted by molar-refractivity contribution is 5.14. The highest BCUT2D eigenvalue weighted by Gasteiger charge is 2.25. The largest absolute Gasteiger partial charge is 0.330 e. The van der Waals surface area contributed by atoms with E-state index in [1.807, 2.05) is 23.3 Å². The molecule has 0 saturated heterocycles. The van der Waals surface area contributed by atoms with E-state index in [-0.39, 0.29) is 0 Å². The van der Waals surface area contributed by atoms with Crippen LogP contribution in [0.5, 0.6) is 0 Å². The van der Waals surface area contributed by atoms with Gasteiger partial charge in [0, 0.05) is 24.6 Å². The molecule has 0 aliphatic heterocycles. The lowest BCUT2D eigenvalue weighted by molar-refractivity contribution is 0.652. The van der Waals surface area contributed by atoms with E-state index in [1.54, 1.807) is 6.20 Å². The van der Waals surface area contributed by atoms with Crippen LogP contribution in [-0.2, 0) is 6.54 Å². The van der Waals surface area contributed by atoms with Crippen molar-refractivity contribution in [3.05, 3.63) is 36.4 Å². The number of nitriles is 1. The lowest BCUT2D eigenvalue weighted by Crippen LogP contribution is -2.06. The lowest BCUT2D eigenvalue weighted by Gasteiger charge is -2.07. The van der Waals surface area contributed by atoms with Crippen molar-refractivity contribution >= 4 is 0 Å². The number of hydrogen-bond acceptors (Lipinski definition) is 3. The molecule has 0 N–H and O–H groups in total. The van der Waals surface area contributed by atoms with Crippen molar-refractivity contribution in [3.8, 4) is 6.07 Å². The van der Waals surface area contributed by atoms with Crippen LogP contribution < -0.4 is 0 Å². The minimum absolute atomic E-state index is 0.448. The first-order chi connectivity index (χ1) is 7.88. The van der Waals surface area contributed by atoms with Gasteiger partial charge in [0.25, 0.3) is 0 Å². The van der Waals surface area contributed by atoms with Crippen LogP contribution >= 0.6 is 0 Å². The summed E-state index contributed by atoms with van der Waals surface area (Å²) in [5.74, 6) is 0.448. The summed E-state index contributed by atoms with van der Waals surface area (Å²) in [5.41, 5.74) is 1.14. The van der Waals surface area contributed by atoms with Crippen LogP contribution in [0.1, 0.15) is 30.4 Å². The van der Waals surface area contributed by atoms with E-state index in [0.29, 0.717) is 18.4 Å². The predicted octanol–water partition coefficient (Wildman–Crippen LogP) is 1.33. The summed E-state index contributed by atoms with van der Waals surface area (Å²) in [6, 6.07) is 2.69. The zero-order valence-electron chi connectivity index (χ0n) is 8.74. The molecule has 5 nitrogen and oxygen atoms in total. The Bertz CT molecular complexity index is 541. The van der Waals surface area contributed by atoms with Crippen LogP contribution in [0.4, 0.5) is 0 Å². The molecule has 1 saturated carbocycles. The molecule has 2 heterocycles. The fourth-order valence-electron chi connectivity index (χ4n) is 1.86. The van der Waals surface area contributed by atoms with Crippen LogP contribution in [0.15, 0.2) is 24.9 Å². The number of hydrogen-bond donors (Lipinski definition) is 0. The Morgan fingerprint density at radius 1 is 1.50 bits per heavy atom. The van der Waals surface area contributed by atoms with Gasteiger partial charge in [-0.1, -0.05) is 0 Å². The smallest absolute Gasteiger partial charge is 0.213 e. The van der Waals surface area contributed by atoms with Gasteiger partial charge in [0.15, 0.2) is 0 Å². The predicted molar refractivity (Wildman–Crippen MR) is 56.5 cm³/mol. The highest BCUT2D eigenvalue weighted by Crippen LogP contribution is 2.35. The average Bonchev–Trinajstić information content (AvgIpc) is 2.88. The Balaban J connectivity index is 1.89. The maximum Gasteiger partial charge on any atom is 0.213 e. The molecule has 5 heteroatoms. The first-order valence-corrected chi connectivity index (χ1v) is 5.30. The Labute approximate surface area is 93.0 Å². The van der Waals surface area contributed by atoms with Crippen molar-refractivity contribution in [3.63, 3.8) is 0 Å². The van der Waals surface area contributed by atoms with Crippen LogP contribution in [-0.4, -0.2) is 19.1 Å². The average molecular weight is 213 g/mol. The van der Waals surface area contributed by atoms with Crippen LogP contribution in [0.2, 0.25) is 0 Å². The number of imidazole rings is 2. The first kappa shape index (κ1) is 9.16. The quantitative estimate of drug-likeness (QED) is 0.772. The summed E-state index contributed by atoms with van der Waals surface area (Å²) >= 11 is 0.